The topological polar surface area (TPSA) is 35.6 Å². The van der Waals surface area contributed by atoms with E-state index in [1.165, 1.54) is 58.3 Å². The summed E-state index contributed by atoms with van der Waals surface area (Å²) in [6.07, 6.45) is 0. The molecule has 0 spiro atoms. The second-order valence-electron chi connectivity index (χ2n) is 14.1. The Hall–Kier alpha value is -7.08. The first kappa shape index (κ1) is 30.4. The summed E-state index contributed by atoms with van der Waals surface area (Å²) >= 11 is 1.90. The molecule has 5 heteroatoms. The van der Waals surface area contributed by atoms with Gasteiger partial charge >= 0.3 is 0 Å². The van der Waals surface area contributed by atoms with Crippen LogP contribution in [0.25, 0.3) is 109 Å². The molecule has 0 aliphatic heterocycles. The number of thiophene rings is 1. The standard InChI is InChI=1S/C50H30N4S/c1-4-16-31(17-5-1)46-38-30-34(28-29-39(38)51-50(52-46)32-18-6-2-7-19-32)54-40-25-13-10-22-35(40)43-47-44(49-45(48(43)54)37-24-12-15-27-42(37)55-49)36-23-11-14-26-41(36)53(47)33-20-8-3-9-21-33/h1-30H. The molecular formula is C50H30N4S. The van der Waals surface area contributed by atoms with Crippen molar-refractivity contribution in [1.82, 2.24) is 19.1 Å². The van der Waals surface area contributed by atoms with Gasteiger partial charge in [-0.3, -0.25) is 0 Å². The van der Waals surface area contributed by atoms with Gasteiger partial charge < -0.3 is 9.13 Å². The minimum Gasteiger partial charge on any atom is -0.308 e. The smallest absolute Gasteiger partial charge is 0.160 e. The summed E-state index contributed by atoms with van der Waals surface area (Å²) in [7, 11) is 0. The molecule has 0 fully saturated rings. The van der Waals surface area contributed by atoms with Crippen molar-refractivity contribution < 1.29 is 0 Å². The molecule has 0 saturated carbocycles. The van der Waals surface area contributed by atoms with Gasteiger partial charge in [-0.15, -0.1) is 11.3 Å². The summed E-state index contributed by atoms with van der Waals surface area (Å²) in [5.74, 6) is 0.721. The summed E-state index contributed by atoms with van der Waals surface area (Å²) in [5, 5.41) is 8.62. The Morgan fingerprint density at radius 2 is 0.945 bits per heavy atom. The Morgan fingerprint density at radius 3 is 1.65 bits per heavy atom. The molecule has 0 radical (unpaired) electrons. The second kappa shape index (κ2) is 11.7. The number of hydrogen-bond donors (Lipinski definition) is 0. The lowest BCUT2D eigenvalue weighted by Gasteiger charge is -2.14. The number of benzene rings is 8. The van der Waals surface area contributed by atoms with Crippen LogP contribution in [0.4, 0.5) is 0 Å². The van der Waals surface area contributed by atoms with Crippen LogP contribution in [0.1, 0.15) is 0 Å². The van der Waals surface area contributed by atoms with Gasteiger partial charge in [0.15, 0.2) is 5.82 Å². The Bertz CT molecular complexity index is 3470. The van der Waals surface area contributed by atoms with Crippen LogP contribution in [0.3, 0.4) is 0 Å². The van der Waals surface area contributed by atoms with Crippen molar-refractivity contribution in [2.24, 2.45) is 0 Å². The fourth-order valence-corrected chi connectivity index (χ4v) is 10.0. The predicted octanol–water partition coefficient (Wildman–Crippen LogP) is 13.5. The first-order valence-electron chi connectivity index (χ1n) is 18.6. The average molecular weight is 719 g/mol. The predicted molar refractivity (Wildman–Crippen MR) is 232 cm³/mol. The van der Waals surface area contributed by atoms with E-state index in [9.17, 15) is 0 Å². The summed E-state index contributed by atoms with van der Waals surface area (Å²) in [6, 6.07) is 65.0. The maximum atomic E-state index is 5.26. The molecule has 0 aliphatic rings. The molecule has 4 nitrogen and oxygen atoms in total. The number of fused-ring (bicyclic) bond motifs is 13. The van der Waals surface area contributed by atoms with Gasteiger partial charge in [0.2, 0.25) is 0 Å². The first-order chi connectivity index (χ1) is 27.3. The molecule has 12 aromatic rings. The molecule has 55 heavy (non-hydrogen) atoms. The number of hydrogen-bond acceptors (Lipinski definition) is 3. The van der Waals surface area contributed by atoms with Crippen molar-refractivity contribution in [1.29, 1.82) is 0 Å². The lowest BCUT2D eigenvalue weighted by Crippen LogP contribution is -1.99. The number of aromatic nitrogens is 4. The van der Waals surface area contributed by atoms with Crippen LogP contribution in [-0.4, -0.2) is 19.1 Å². The van der Waals surface area contributed by atoms with Crippen LogP contribution < -0.4 is 0 Å². The molecule has 12 rings (SSSR count). The van der Waals surface area contributed by atoms with Gasteiger partial charge in [0.25, 0.3) is 0 Å². The third-order valence-corrected chi connectivity index (χ3v) is 12.3. The molecule has 0 amide bonds. The highest BCUT2D eigenvalue weighted by atomic mass is 32.1. The normalized spacial score (nSPS) is 12.0. The van der Waals surface area contributed by atoms with Crippen LogP contribution in [0, 0.1) is 0 Å². The quantitative estimate of drug-likeness (QED) is 0.182. The van der Waals surface area contributed by atoms with Crippen LogP contribution >= 0.6 is 11.3 Å². The van der Waals surface area contributed by atoms with E-state index in [0.717, 1.165) is 50.4 Å². The van der Waals surface area contributed by atoms with E-state index in [-0.39, 0.29) is 0 Å². The third kappa shape index (κ3) is 4.39. The first-order valence-corrected chi connectivity index (χ1v) is 19.4. The van der Waals surface area contributed by atoms with Gasteiger partial charge in [0.05, 0.1) is 33.3 Å². The van der Waals surface area contributed by atoms with Crippen molar-refractivity contribution >= 4 is 86.0 Å². The van der Waals surface area contributed by atoms with E-state index in [2.05, 4.69) is 173 Å². The Balaban J connectivity index is 1.28. The molecule has 4 aromatic heterocycles. The Morgan fingerprint density at radius 1 is 0.400 bits per heavy atom. The van der Waals surface area contributed by atoms with E-state index >= 15 is 0 Å². The van der Waals surface area contributed by atoms with E-state index in [1.54, 1.807) is 0 Å². The van der Waals surface area contributed by atoms with Gasteiger partial charge in [0, 0.05) is 69.6 Å². The fourth-order valence-electron chi connectivity index (χ4n) is 8.78. The summed E-state index contributed by atoms with van der Waals surface area (Å²) in [6.45, 7) is 0. The SMILES string of the molecule is c1ccc(-c2nc(-c3ccccc3)c3cc(-n4c5ccccc5c5c6c(c7ccccc7n6-c6ccccc6)c6sc7ccccc7c6c54)ccc3n2)cc1. The minimum atomic E-state index is 0.721. The van der Waals surface area contributed by atoms with E-state index < -0.39 is 0 Å². The van der Waals surface area contributed by atoms with E-state index in [1.807, 2.05) is 29.5 Å². The Labute approximate surface area is 319 Å². The zero-order valence-corrected chi connectivity index (χ0v) is 30.3. The lowest BCUT2D eigenvalue weighted by atomic mass is 10.0. The monoisotopic (exact) mass is 718 g/mol. The summed E-state index contributed by atoms with van der Waals surface area (Å²) in [4.78, 5) is 10.4. The highest BCUT2D eigenvalue weighted by molar-refractivity contribution is 7.27. The van der Waals surface area contributed by atoms with Gasteiger partial charge in [-0.2, -0.15) is 0 Å². The van der Waals surface area contributed by atoms with Crippen LogP contribution in [0.15, 0.2) is 182 Å². The molecule has 0 saturated heterocycles. The lowest BCUT2D eigenvalue weighted by molar-refractivity contribution is 1.18. The highest BCUT2D eigenvalue weighted by Crippen LogP contribution is 2.51. The molecule has 0 unspecified atom stereocenters. The number of para-hydroxylation sites is 3. The van der Waals surface area contributed by atoms with Gasteiger partial charge in [-0.1, -0.05) is 133 Å². The van der Waals surface area contributed by atoms with Crippen molar-refractivity contribution in [3.63, 3.8) is 0 Å². The fraction of sp³-hybridized carbons (Fsp3) is 0. The van der Waals surface area contributed by atoms with Crippen molar-refractivity contribution in [2.45, 2.75) is 0 Å². The molecule has 0 bridgehead atoms. The highest BCUT2D eigenvalue weighted by Gasteiger charge is 2.27. The van der Waals surface area contributed by atoms with Crippen molar-refractivity contribution in [2.75, 3.05) is 0 Å². The van der Waals surface area contributed by atoms with Crippen LogP contribution in [-0.2, 0) is 0 Å². The average Bonchev–Trinajstić information content (AvgIpc) is 3.92. The van der Waals surface area contributed by atoms with Gasteiger partial charge in [-0.05, 0) is 48.5 Å². The molecular weight excluding hydrogens is 689 g/mol. The zero-order valence-electron chi connectivity index (χ0n) is 29.5. The summed E-state index contributed by atoms with van der Waals surface area (Å²) < 4.78 is 7.57. The number of nitrogens with zero attached hydrogens (tertiary/aromatic N) is 4. The molecule has 4 heterocycles. The molecule has 256 valence electrons. The molecule has 0 aliphatic carbocycles. The maximum absolute atomic E-state index is 5.26. The second-order valence-corrected chi connectivity index (χ2v) is 15.2. The summed E-state index contributed by atoms with van der Waals surface area (Å²) in [5.41, 5.74) is 10.9. The maximum Gasteiger partial charge on any atom is 0.160 e. The van der Waals surface area contributed by atoms with Gasteiger partial charge in [0.1, 0.15) is 0 Å². The van der Waals surface area contributed by atoms with Gasteiger partial charge in [-0.25, -0.2) is 9.97 Å². The molecule has 0 atom stereocenters. The van der Waals surface area contributed by atoms with Crippen molar-refractivity contribution in [3.05, 3.63) is 182 Å². The molecule has 0 N–H and O–H groups in total. The third-order valence-electron chi connectivity index (χ3n) is 11.1. The van der Waals surface area contributed by atoms with Crippen LogP contribution in [0.2, 0.25) is 0 Å². The van der Waals surface area contributed by atoms with E-state index in [0.29, 0.717) is 0 Å². The van der Waals surface area contributed by atoms with E-state index in [4.69, 9.17) is 9.97 Å². The largest absolute Gasteiger partial charge is 0.308 e. The number of rotatable bonds is 4. The van der Waals surface area contributed by atoms with Crippen LogP contribution in [0.5, 0.6) is 0 Å². The zero-order chi connectivity index (χ0) is 36.0. The minimum absolute atomic E-state index is 0.721. The Kier molecular flexibility index (Phi) is 6.47. The molecule has 8 aromatic carbocycles. The van der Waals surface area contributed by atoms with Crippen molar-refractivity contribution in [3.8, 4) is 34.0 Å².